The minimum Gasteiger partial charge on any atom is -0.394 e. The molecule has 0 radical (unpaired) electrons. The molecule has 32 heavy (non-hydrogen) atoms. The first-order chi connectivity index (χ1) is 15.6. The van der Waals surface area contributed by atoms with E-state index in [0.29, 0.717) is 6.61 Å². The van der Waals surface area contributed by atoms with Gasteiger partial charge in [-0.2, -0.15) is 0 Å². The van der Waals surface area contributed by atoms with Gasteiger partial charge in [0.1, 0.15) is 6.10 Å². The second-order valence-corrected chi connectivity index (χ2v) is 9.25. The molecule has 0 aromatic rings. The zero-order valence-corrected chi connectivity index (χ0v) is 21.2. The Balaban J connectivity index is 3.65. The molecule has 0 bridgehead atoms. The molecular formula is C25H45O6P. The number of ether oxygens (including phenoxy) is 1. The standard InChI is InChI=1S/C25H45O6P/c1-4-5-6-7-8-9-10-11-12-13-14-15-16-17-18-19-20-21-22-30-25(23-26)24-31-32(27,28-2)29-3/h8-9,11-12,14-15,17-18,25-26H,4-7,10,13,16,19-24H2,1-3H3/b9-8-,12-11-,15-14-,18-17-. The van der Waals surface area contributed by atoms with Gasteiger partial charge in [0, 0.05) is 20.8 Å². The van der Waals surface area contributed by atoms with Crippen molar-refractivity contribution >= 4 is 7.82 Å². The summed E-state index contributed by atoms with van der Waals surface area (Å²) in [5.41, 5.74) is 0. The van der Waals surface area contributed by atoms with E-state index in [1.54, 1.807) is 0 Å². The molecule has 186 valence electrons. The van der Waals surface area contributed by atoms with Crippen molar-refractivity contribution in [1.82, 2.24) is 0 Å². The molecule has 0 spiro atoms. The van der Waals surface area contributed by atoms with E-state index in [0.717, 1.165) is 38.5 Å². The zero-order valence-electron chi connectivity index (χ0n) is 20.3. The van der Waals surface area contributed by atoms with Gasteiger partial charge in [-0.1, -0.05) is 68.4 Å². The molecule has 0 aromatic carbocycles. The van der Waals surface area contributed by atoms with Crippen molar-refractivity contribution in [2.45, 2.75) is 77.2 Å². The van der Waals surface area contributed by atoms with Crippen molar-refractivity contribution in [1.29, 1.82) is 0 Å². The van der Waals surface area contributed by atoms with Gasteiger partial charge in [0.2, 0.25) is 0 Å². The smallest absolute Gasteiger partial charge is 0.394 e. The molecule has 0 aromatic heterocycles. The largest absolute Gasteiger partial charge is 0.474 e. The lowest BCUT2D eigenvalue weighted by atomic mass is 10.2. The molecular weight excluding hydrogens is 427 g/mol. The van der Waals surface area contributed by atoms with Crippen molar-refractivity contribution in [3.8, 4) is 0 Å². The topological polar surface area (TPSA) is 74.2 Å². The molecule has 1 N–H and O–H groups in total. The highest BCUT2D eigenvalue weighted by Gasteiger charge is 2.24. The number of hydrogen-bond donors (Lipinski definition) is 1. The van der Waals surface area contributed by atoms with Crippen LogP contribution < -0.4 is 0 Å². The van der Waals surface area contributed by atoms with E-state index in [2.05, 4.69) is 64.6 Å². The Morgan fingerprint density at radius 2 is 1.28 bits per heavy atom. The van der Waals surface area contributed by atoms with Crippen LogP contribution in [0.5, 0.6) is 0 Å². The predicted octanol–water partition coefficient (Wildman–Crippen LogP) is 6.93. The Hall–Kier alpha value is -1.01. The first kappa shape index (κ1) is 31.0. The summed E-state index contributed by atoms with van der Waals surface area (Å²) in [7, 11) is -1.05. The number of phosphoric ester groups is 1. The molecule has 0 aliphatic rings. The maximum atomic E-state index is 11.8. The van der Waals surface area contributed by atoms with Gasteiger partial charge in [-0.25, -0.2) is 4.57 Å². The van der Waals surface area contributed by atoms with Crippen LogP contribution in [0.1, 0.15) is 71.1 Å². The monoisotopic (exact) mass is 472 g/mol. The maximum absolute atomic E-state index is 11.8. The fourth-order valence-corrected chi connectivity index (χ4v) is 3.39. The molecule has 0 fully saturated rings. The van der Waals surface area contributed by atoms with Crippen LogP contribution in [0.15, 0.2) is 48.6 Å². The molecule has 0 aliphatic heterocycles. The van der Waals surface area contributed by atoms with E-state index in [-0.39, 0.29) is 13.2 Å². The van der Waals surface area contributed by atoms with Crippen LogP contribution >= 0.6 is 7.82 Å². The third kappa shape index (κ3) is 19.7. The maximum Gasteiger partial charge on any atom is 0.474 e. The number of unbranched alkanes of at least 4 members (excludes halogenated alkanes) is 5. The zero-order chi connectivity index (χ0) is 23.8. The third-order valence-corrected chi connectivity index (χ3v) is 6.01. The average molecular weight is 473 g/mol. The van der Waals surface area contributed by atoms with Gasteiger partial charge < -0.3 is 9.84 Å². The first-order valence-electron chi connectivity index (χ1n) is 11.8. The lowest BCUT2D eigenvalue weighted by molar-refractivity contribution is -0.0225. The third-order valence-electron chi connectivity index (χ3n) is 4.65. The summed E-state index contributed by atoms with van der Waals surface area (Å²) in [6.07, 6.45) is 28.1. The van der Waals surface area contributed by atoms with Crippen molar-refractivity contribution in [2.75, 3.05) is 34.0 Å². The summed E-state index contributed by atoms with van der Waals surface area (Å²) < 4.78 is 31.8. The molecule has 7 heteroatoms. The summed E-state index contributed by atoms with van der Waals surface area (Å²) >= 11 is 0. The van der Waals surface area contributed by atoms with Gasteiger partial charge in [-0.05, 0) is 51.4 Å². The van der Waals surface area contributed by atoms with E-state index < -0.39 is 13.9 Å². The lowest BCUT2D eigenvalue weighted by Crippen LogP contribution is -2.24. The predicted molar refractivity (Wildman–Crippen MR) is 133 cm³/mol. The molecule has 0 aliphatic carbocycles. The van der Waals surface area contributed by atoms with Gasteiger partial charge in [-0.3, -0.25) is 13.6 Å². The van der Waals surface area contributed by atoms with Crippen molar-refractivity contribution in [3.05, 3.63) is 48.6 Å². The quantitative estimate of drug-likeness (QED) is 0.105. The van der Waals surface area contributed by atoms with Crippen LogP contribution in [0.2, 0.25) is 0 Å². The fourth-order valence-electron chi connectivity index (χ4n) is 2.68. The molecule has 0 rings (SSSR count). The van der Waals surface area contributed by atoms with E-state index >= 15 is 0 Å². The summed E-state index contributed by atoms with van der Waals surface area (Å²) in [5, 5.41) is 9.32. The summed E-state index contributed by atoms with van der Waals surface area (Å²) in [6.45, 7) is 2.47. The Kier molecular flexibility index (Phi) is 22.4. The Bertz CT molecular complexity index is 563. The average Bonchev–Trinajstić information content (AvgIpc) is 2.82. The molecule has 1 unspecified atom stereocenters. The normalized spacial score (nSPS) is 14.0. The second-order valence-electron chi connectivity index (χ2n) is 7.37. The van der Waals surface area contributed by atoms with Gasteiger partial charge >= 0.3 is 7.82 Å². The molecule has 0 heterocycles. The van der Waals surface area contributed by atoms with E-state index in [9.17, 15) is 9.67 Å². The van der Waals surface area contributed by atoms with E-state index in [1.807, 2.05) is 0 Å². The molecule has 0 amide bonds. The van der Waals surface area contributed by atoms with Crippen molar-refractivity contribution < 1.29 is 28.0 Å². The lowest BCUT2D eigenvalue weighted by Gasteiger charge is -2.18. The molecule has 6 nitrogen and oxygen atoms in total. The number of allylic oxidation sites excluding steroid dienone is 8. The van der Waals surface area contributed by atoms with Crippen LogP contribution in [0.3, 0.4) is 0 Å². The van der Waals surface area contributed by atoms with E-state index in [1.165, 1.54) is 39.9 Å². The second kappa shape index (κ2) is 23.2. The number of hydrogen-bond acceptors (Lipinski definition) is 6. The van der Waals surface area contributed by atoms with Gasteiger partial charge in [0.15, 0.2) is 0 Å². The van der Waals surface area contributed by atoms with Gasteiger partial charge in [0.05, 0.1) is 13.2 Å². The van der Waals surface area contributed by atoms with Crippen LogP contribution in [0.25, 0.3) is 0 Å². The number of aliphatic hydroxyl groups excluding tert-OH is 1. The molecule has 1 atom stereocenters. The Morgan fingerprint density at radius 3 is 1.75 bits per heavy atom. The van der Waals surface area contributed by atoms with Crippen LogP contribution in [-0.2, 0) is 22.9 Å². The summed E-state index contributed by atoms with van der Waals surface area (Å²) in [4.78, 5) is 0. The van der Waals surface area contributed by atoms with Gasteiger partial charge in [0.25, 0.3) is 0 Å². The number of phosphoric acid groups is 1. The minimum atomic E-state index is -3.54. The highest BCUT2D eigenvalue weighted by Crippen LogP contribution is 2.47. The number of aliphatic hydroxyl groups is 1. The molecule has 0 saturated carbocycles. The Labute approximate surface area is 196 Å². The first-order valence-corrected chi connectivity index (χ1v) is 13.3. The summed E-state index contributed by atoms with van der Waals surface area (Å²) in [6, 6.07) is 0. The summed E-state index contributed by atoms with van der Waals surface area (Å²) in [5.74, 6) is 0. The SMILES string of the molecule is CCCCC/C=C\C/C=C\C/C=C\C/C=C\CCCCOC(CO)COP(=O)(OC)OC. The van der Waals surface area contributed by atoms with Crippen LogP contribution in [-0.4, -0.2) is 45.3 Å². The van der Waals surface area contributed by atoms with E-state index in [4.69, 9.17) is 9.26 Å². The molecule has 0 saturated heterocycles. The highest BCUT2D eigenvalue weighted by molar-refractivity contribution is 7.48. The van der Waals surface area contributed by atoms with Crippen LogP contribution in [0.4, 0.5) is 0 Å². The fraction of sp³-hybridized carbons (Fsp3) is 0.680. The highest BCUT2D eigenvalue weighted by atomic mass is 31.2. The van der Waals surface area contributed by atoms with Gasteiger partial charge in [-0.15, -0.1) is 0 Å². The minimum absolute atomic E-state index is 0.0490. The van der Waals surface area contributed by atoms with Crippen molar-refractivity contribution in [3.63, 3.8) is 0 Å². The number of rotatable bonds is 22. The van der Waals surface area contributed by atoms with Crippen molar-refractivity contribution in [2.24, 2.45) is 0 Å². The Morgan fingerprint density at radius 1 is 0.781 bits per heavy atom. The van der Waals surface area contributed by atoms with Crippen LogP contribution in [0, 0.1) is 0 Å².